The number of amides is 1. The predicted octanol–water partition coefficient (Wildman–Crippen LogP) is 4.46. The molecule has 3 aliphatic rings. The van der Waals surface area contributed by atoms with E-state index in [-0.39, 0.29) is 27.9 Å². The molecule has 3 nitrogen and oxygen atoms in total. The van der Waals surface area contributed by atoms with Gasteiger partial charge in [0.2, 0.25) is 0 Å². The molecular formula is C16H19F3N2OS. The quantitative estimate of drug-likeness (QED) is 0.775. The number of alkyl halides is 3. The number of hydrogen-bond donors (Lipinski definition) is 2. The number of carbonyl (C=O) groups is 1. The maximum absolute atomic E-state index is 12.9. The molecule has 2 bridgehead atoms. The molecule has 7 heteroatoms. The molecule has 3 aliphatic carbocycles. The third-order valence-corrected chi connectivity index (χ3v) is 5.22. The Morgan fingerprint density at radius 2 is 1.96 bits per heavy atom. The fourth-order valence-corrected chi connectivity index (χ4v) is 3.66. The van der Waals surface area contributed by atoms with E-state index in [1.54, 1.807) is 0 Å². The minimum atomic E-state index is -4.43. The maximum Gasteiger partial charge on any atom is 0.416 e. The van der Waals surface area contributed by atoms with Crippen LogP contribution < -0.4 is 10.0 Å². The summed E-state index contributed by atoms with van der Waals surface area (Å²) in [5.74, 6) is 0.417. The van der Waals surface area contributed by atoms with E-state index in [1.165, 1.54) is 18.0 Å². The van der Waals surface area contributed by atoms with Crippen LogP contribution in [0.2, 0.25) is 0 Å². The van der Waals surface area contributed by atoms with Crippen LogP contribution in [-0.2, 0) is 6.18 Å². The fourth-order valence-electron chi connectivity index (χ4n) is 3.12. The van der Waals surface area contributed by atoms with Crippen LogP contribution in [0.15, 0.2) is 18.2 Å². The molecule has 126 valence electrons. The van der Waals surface area contributed by atoms with E-state index in [9.17, 15) is 18.0 Å². The Bertz CT molecular complexity index is 613. The van der Waals surface area contributed by atoms with E-state index in [1.807, 2.05) is 13.8 Å². The average molecular weight is 344 g/mol. The van der Waals surface area contributed by atoms with Crippen LogP contribution in [0.25, 0.3) is 0 Å². The molecule has 0 spiro atoms. The molecule has 3 fully saturated rings. The first-order valence-corrected chi connectivity index (χ1v) is 8.52. The fraction of sp³-hybridized carbons (Fsp3) is 0.562. The molecule has 0 radical (unpaired) electrons. The highest BCUT2D eigenvalue weighted by Gasteiger charge is 2.57. The lowest BCUT2D eigenvalue weighted by Gasteiger charge is -2.61. The third-order valence-electron chi connectivity index (χ3n) is 4.41. The van der Waals surface area contributed by atoms with Crippen molar-refractivity contribution in [1.29, 1.82) is 0 Å². The van der Waals surface area contributed by atoms with Crippen molar-refractivity contribution in [2.75, 3.05) is 4.72 Å². The van der Waals surface area contributed by atoms with Crippen LogP contribution in [0.1, 0.15) is 49.0 Å². The number of anilines is 1. The van der Waals surface area contributed by atoms with Gasteiger partial charge in [-0.25, -0.2) is 0 Å². The first-order chi connectivity index (χ1) is 10.7. The Morgan fingerprint density at radius 1 is 1.30 bits per heavy atom. The van der Waals surface area contributed by atoms with Crippen LogP contribution in [0.4, 0.5) is 18.9 Å². The van der Waals surface area contributed by atoms with Crippen molar-refractivity contribution in [3.63, 3.8) is 0 Å². The number of halogens is 3. The summed E-state index contributed by atoms with van der Waals surface area (Å²) in [7, 11) is 0. The van der Waals surface area contributed by atoms with Crippen molar-refractivity contribution in [2.45, 2.75) is 50.1 Å². The highest BCUT2D eigenvalue weighted by molar-refractivity contribution is 8.01. The number of carbonyl (C=O) groups excluding carboxylic acids is 1. The standard InChI is InChI=1S/C16H19F3N2OS/c1-9(2)23-21-13-5-11(16(17,18)19)3-4-12(13)14(22)20-15-6-10(7-15)8-15/h3-5,9-10,21H,6-8H2,1-2H3,(H,20,22). The van der Waals surface area contributed by atoms with E-state index in [2.05, 4.69) is 10.0 Å². The molecule has 4 rings (SSSR count). The Kier molecular flexibility index (Phi) is 4.02. The molecule has 0 unspecified atom stereocenters. The molecule has 0 aromatic heterocycles. The van der Waals surface area contributed by atoms with Gasteiger partial charge in [0.05, 0.1) is 16.8 Å². The van der Waals surface area contributed by atoms with Gasteiger partial charge in [-0.3, -0.25) is 4.79 Å². The molecule has 1 aromatic carbocycles. The van der Waals surface area contributed by atoms with E-state index < -0.39 is 11.7 Å². The second kappa shape index (κ2) is 5.61. The van der Waals surface area contributed by atoms with Crippen molar-refractivity contribution in [2.24, 2.45) is 5.92 Å². The summed E-state index contributed by atoms with van der Waals surface area (Å²) >= 11 is 1.29. The topological polar surface area (TPSA) is 41.1 Å². The van der Waals surface area contributed by atoms with Gasteiger partial charge in [0, 0.05) is 10.8 Å². The number of nitrogens with one attached hydrogen (secondary N) is 2. The average Bonchev–Trinajstić information content (AvgIpc) is 2.37. The summed E-state index contributed by atoms with van der Waals surface area (Å²) in [5.41, 5.74) is -0.391. The molecule has 0 aliphatic heterocycles. The Balaban J connectivity index is 1.82. The smallest absolute Gasteiger partial charge is 0.347 e. The SMILES string of the molecule is CC(C)SNc1cc(C(F)(F)F)ccc1C(=O)NC12CC(C1)C2. The van der Waals surface area contributed by atoms with Gasteiger partial charge in [0.15, 0.2) is 0 Å². The Labute approximate surface area is 137 Å². The molecular weight excluding hydrogens is 325 g/mol. The molecule has 1 amide bonds. The summed E-state index contributed by atoms with van der Waals surface area (Å²) in [5, 5.41) is 3.17. The van der Waals surface area contributed by atoms with Crippen LogP contribution in [-0.4, -0.2) is 16.7 Å². The Morgan fingerprint density at radius 3 is 2.43 bits per heavy atom. The van der Waals surface area contributed by atoms with E-state index >= 15 is 0 Å². The van der Waals surface area contributed by atoms with Crippen molar-refractivity contribution in [3.8, 4) is 0 Å². The highest BCUT2D eigenvalue weighted by Crippen LogP contribution is 2.57. The van der Waals surface area contributed by atoms with Gasteiger partial charge in [-0.2, -0.15) is 13.2 Å². The van der Waals surface area contributed by atoms with Crippen LogP contribution in [0.3, 0.4) is 0 Å². The maximum atomic E-state index is 12.9. The van der Waals surface area contributed by atoms with Gasteiger partial charge in [-0.1, -0.05) is 13.8 Å². The molecule has 3 saturated carbocycles. The normalized spacial score (nSPS) is 25.6. The second-order valence-electron chi connectivity index (χ2n) is 6.74. The summed E-state index contributed by atoms with van der Waals surface area (Å²) in [4.78, 5) is 12.5. The summed E-state index contributed by atoms with van der Waals surface area (Å²) in [6.45, 7) is 3.85. The zero-order chi connectivity index (χ0) is 16.8. The number of benzene rings is 1. The number of rotatable bonds is 5. The monoisotopic (exact) mass is 344 g/mol. The summed E-state index contributed by atoms with van der Waals surface area (Å²) in [6.07, 6.45) is -1.46. The van der Waals surface area contributed by atoms with Gasteiger partial charge in [-0.05, 0) is 55.3 Å². The number of hydrogen-bond acceptors (Lipinski definition) is 3. The summed E-state index contributed by atoms with van der Waals surface area (Å²) < 4.78 is 41.6. The highest BCUT2D eigenvalue weighted by atomic mass is 32.2. The van der Waals surface area contributed by atoms with Crippen LogP contribution in [0, 0.1) is 5.92 Å². The second-order valence-corrected chi connectivity index (χ2v) is 8.12. The third kappa shape index (κ3) is 3.29. The van der Waals surface area contributed by atoms with E-state index in [0.29, 0.717) is 0 Å². The minimum Gasteiger partial charge on any atom is -0.347 e. The lowest BCUT2D eigenvalue weighted by molar-refractivity contribution is -0.137. The molecule has 1 aromatic rings. The molecule has 0 heterocycles. The van der Waals surface area contributed by atoms with Gasteiger partial charge in [-0.15, -0.1) is 0 Å². The van der Waals surface area contributed by atoms with E-state index in [4.69, 9.17) is 0 Å². The molecule has 0 saturated heterocycles. The van der Waals surface area contributed by atoms with Gasteiger partial charge >= 0.3 is 6.18 Å². The van der Waals surface area contributed by atoms with Crippen molar-refractivity contribution >= 4 is 23.5 Å². The largest absolute Gasteiger partial charge is 0.416 e. The molecule has 23 heavy (non-hydrogen) atoms. The predicted molar refractivity (Wildman–Crippen MR) is 85.3 cm³/mol. The summed E-state index contributed by atoms with van der Waals surface area (Å²) in [6, 6.07) is 3.22. The first kappa shape index (κ1) is 16.5. The lowest BCUT2D eigenvalue weighted by Crippen LogP contribution is -2.68. The first-order valence-electron chi connectivity index (χ1n) is 7.64. The minimum absolute atomic E-state index is 0.104. The van der Waals surface area contributed by atoms with Crippen molar-refractivity contribution in [3.05, 3.63) is 29.3 Å². The van der Waals surface area contributed by atoms with Gasteiger partial charge in [0.1, 0.15) is 0 Å². The van der Waals surface area contributed by atoms with Crippen molar-refractivity contribution < 1.29 is 18.0 Å². The zero-order valence-electron chi connectivity index (χ0n) is 13.0. The lowest BCUT2D eigenvalue weighted by atomic mass is 9.50. The zero-order valence-corrected chi connectivity index (χ0v) is 13.8. The van der Waals surface area contributed by atoms with Crippen molar-refractivity contribution in [1.82, 2.24) is 5.32 Å². The molecule has 0 atom stereocenters. The van der Waals surface area contributed by atoms with E-state index in [0.717, 1.165) is 37.3 Å². The molecule has 2 N–H and O–H groups in total. The van der Waals surface area contributed by atoms with Gasteiger partial charge < -0.3 is 10.0 Å². The van der Waals surface area contributed by atoms with Crippen LogP contribution >= 0.6 is 11.9 Å². The van der Waals surface area contributed by atoms with Gasteiger partial charge in [0.25, 0.3) is 5.91 Å². The Hall–Kier alpha value is -1.37. The van der Waals surface area contributed by atoms with Crippen LogP contribution in [0.5, 0.6) is 0 Å².